The van der Waals surface area contributed by atoms with Crippen LogP contribution in [-0.2, 0) is 23.8 Å². The van der Waals surface area contributed by atoms with Crippen LogP contribution in [0.2, 0.25) is 0 Å². The number of aliphatic hydroxyl groups excluding tert-OH is 5. The molecule has 0 aromatic carbocycles. The highest BCUT2D eigenvalue weighted by Crippen LogP contribution is 2.26. The van der Waals surface area contributed by atoms with Crippen molar-refractivity contribution < 1.29 is 49.3 Å². The number of amides is 1. The van der Waals surface area contributed by atoms with Gasteiger partial charge in [0.2, 0.25) is 5.91 Å². The first kappa shape index (κ1) is 65.9. The summed E-state index contributed by atoms with van der Waals surface area (Å²) in [4.78, 5) is 26.4. The highest BCUT2D eigenvalue weighted by atomic mass is 16.7. The molecule has 1 fully saturated rings. The van der Waals surface area contributed by atoms with Gasteiger partial charge in [0.05, 0.1) is 25.4 Å². The summed E-state index contributed by atoms with van der Waals surface area (Å²) in [5.74, 6) is -1.25. The van der Waals surface area contributed by atoms with Gasteiger partial charge >= 0.3 is 5.97 Å². The van der Waals surface area contributed by atoms with Gasteiger partial charge in [-0.1, -0.05) is 221 Å². The zero-order valence-corrected chi connectivity index (χ0v) is 44.8. The molecule has 1 saturated heterocycles. The van der Waals surface area contributed by atoms with Crippen molar-refractivity contribution in [2.45, 2.75) is 269 Å². The zero-order chi connectivity index (χ0) is 51.8. The number of hydrogen-bond acceptors (Lipinski definition) is 10. The lowest BCUT2D eigenvalue weighted by molar-refractivity contribution is -0.305. The highest BCUT2D eigenvalue weighted by molar-refractivity contribution is 5.80. The molecule has 8 unspecified atom stereocenters. The monoisotopic (exact) mass is 998 g/mol. The normalized spacial score (nSPS) is 20.3. The lowest BCUT2D eigenvalue weighted by Crippen LogP contribution is -2.61. The van der Waals surface area contributed by atoms with Crippen LogP contribution in [0.4, 0.5) is 0 Å². The largest absolute Gasteiger partial charge is 0.454 e. The molecule has 1 heterocycles. The molecule has 0 radical (unpaired) electrons. The molecule has 0 aromatic rings. The Hall–Kier alpha value is -3.16. The summed E-state index contributed by atoms with van der Waals surface area (Å²) in [6.07, 6.45) is 50.6. The Kier molecular flexibility index (Phi) is 44.4. The standard InChI is InChI=1S/C60H103NO10/c1-4-7-10-13-16-19-22-23-24-25-26-27-28-29-30-31-33-36-39-42-45-48-55(65)71-58-57(67)56(66)54(49-62)70-60(58)69-50-51(52(63)46-43-40-37-35-32-20-17-14-11-8-5-2)61-59(68)53(64)47-44-41-38-34-21-18-15-12-9-6-3/h7,10,16,19,23-24,26-27,29-30,33,36,43,46,51-54,56-58,60,62-64,66-67H,4-6,8-9,11-15,17-18,20-22,25,28,31-32,34-35,37-42,44-45,47-50H2,1-3H3,(H,61,68)/b10-7-,19-16-,24-23-,27-26-,30-29-,36-33-,46-43+. The topological polar surface area (TPSA) is 175 Å². The summed E-state index contributed by atoms with van der Waals surface area (Å²) in [7, 11) is 0. The van der Waals surface area contributed by atoms with Gasteiger partial charge < -0.3 is 45.1 Å². The molecule has 1 aliphatic heterocycles. The van der Waals surface area contributed by atoms with Crippen LogP contribution in [-0.4, -0.2) is 99.6 Å². The molecule has 0 spiro atoms. The van der Waals surface area contributed by atoms with E-state index >= 15 is 0 Å². The average molecular weight is 998 g/mol. The third-order valence-electron chi connectivity index (χ3n) is 12.8. The number of hydrogen-bond donors (Lipinski definition) is 6. The van der Waals surface area contributed by atoms with Crippen LogP contribution in [0.1, 0.15) is 220 Å². The average Bonchev–Trinajstić information content (AvgIpc) is 3.37. The van der Waals surface area contributed by atoms with Gasteiger partial charge in [-0.05, 0) is 77.0 Å². The number of aliphatic hydroxyl groups is 5. The molecule has 1 rings (SSSR count). The highest BCUT2D eigenvalue weighted by Gasteiger charge is 2.47. The van der Waals surface area contributed by atoms with Crippen molar-refractivity contribution in [3.8, 4) is 0 Å². The predicted molar refractivity (Wildman–Crippen MR) is 292 cm³/mol. The second-order valence-corrected chi connectivity index (χ2v) is 19.3. The summed E-state index contributed by atoms with van der Waals surface area (Å²) in [6.45, 7) is 5.60. The van der Waals surface area contributed by atoms with Gasteiger partial charge in [-0.25, -0.2) is 0 Å². The first-order chi connectivity index (χ1) is 34.7. The van der Waals surface area contributed by atoms with Crippen molar-refractivity contribution in [1.82, 2.24) is 5.32 Å². The minimum atomic E-state index is -1.63. The van der Waals surface area contributed by atoms with Crippen LogP contribution < -0.4 is 5.32 Å². The number of esters is 1. The summed E-state index contributed by atoms with van der Waals surface area (Å²) < 4.78 is 17.5. The molecule has 1 amide bonds. The van der Waals surface area contributed by atoms with Gasteiger partial charge in [0, 0.05) is 6.42 Å². The van der Waals surface area contributed by atoms with Crippen LogP contribution in [0, 0.1) is 0 Å². The maximum absolute atomic E-state index is 13.3. The van der Waals surface area contributed by atoms with E-state index in [-0.39, 0.29) is 19.4 Å². The number of unbranched alkanes of at least 4 members (excludes halogenated alkanes) is 20. The molecule has 0 aliphatic carbocycles. The van der Waals surface area contributed by atoms with Crippen molar-refractivity contribution in [1.29, 1.82) is 0 Å². The molecule has 8 atom stereocenters. The fraction of sp³-hybridized carbons (Fsp3) is 0.733. The molecule has 11 nitrogen and oxygen atoms in total. The Balaban J connectivity index is 2.72. The maximum atomic E-state index is 13.3. The number of allylic oxidation sites excluding steroid dienone is 13. The Labute approximate surface area is 432 Å². The minimum absolute atomic E-state index is 0.0656. The molecule has 1 aliphatic rings. The van der Waals surface area contributed by atoms with Crippen molar-refractivity contribution in [3.05, 3.63) is 85.1 Å². The molecular formula is C60H103NO10. The van der Waals surface area contributed by atoms with Gasteiger partial charge in [0.1, 0.15) is 24.4 Å². The lowest BCUT2D eigenvalue weighted by Gasteiger charge is -2.41. The SMILES string of the molecule is CC/C=C\C/C=C\C/C=C\C/C=C\C/C=C\C/C=C\CCCCC(=O)OC1C(OCC(NC(=O)C(O)CCCCCCCCCCCC)C(O)/C=C/CCCCCCCCCCC)OC(CO)C(O)C1O. The second kappa shape index (κ2) is 47.8. The van der Waals surface area contributed by atoms with Crippen molar-refractivity contribution >= 4 is 11.9 Å². The van der Waals surface area contributed by atoms with E-state index in [1.807, 2.05) is 6.08 Å². The number of ether oxygens (including phenoxy) is 3. The Morgan fingerprint density at radius 3 is 1.52 bits per heavy atom. The Morgan fingerprint density at radius 2 is 1.01 bits per heavy atom. The van der Waals surface area contributed by atoms with Gasteiger partial charge in [-0.3, -0.25) is 9.59 Å². The van der Waals surface area contributed by atoms with Gasteiger partial charge in [-0.15, -0.1) is 0 Å². The van der Waals surface area contributed by atoms with Gasteiger partial charge in [0.15, 0.2) is 12.4 Å². The maximum Gasteiger partial charge on any atom is 0.306 e. The second-order valence-electron chi connectivity index (χ2n) is 19.3. The first-order valence-electron chi connectivity index (χ1n) is 28.4. The lowest BCUT2D eigenvalue weighted by atomic mass is 9.99. The van der Waals surface area contributed by atoms with Crippen LogP contribution in [0.5, 0.6) is 0 Å². The van der Waals surface area contributed by atoms with Gasteiger partial charge in [-0.2, -0.15) is 0 Å². The minimum Gasteiger partial charge on any atom is -0.454 e. The molecule has 6 N–H and O–H groups in total. The van der Waals surface area contributed by atoms with E-state index in [1.54, 1.807) is 6.08 Å². The fourth-order valence-electron chi connectivity index (χ4n) is 8.30. The van der Waals surface area contributed by atoms with Crippen molar-refractivity contribution in [3.63, 3.8) is 0 Å². The zero-order valence-electron chi connectivity index (χ0n) is 44.8. The molecule has 71 heavy (non-hydrogen) atoms. The van der Waals surface area contributed by atoms with E-state index in [2.05, 4.69) is 99.0 Å². The number of nitrogens with one attached hydrogen (secondary N) is 1. The molecule has 11 heteroatoms. The third-order valence-corrected chi connectivity index (χ3v) is 12.8. The van der Waals surface area contributed by atoms with Gasteiger partial charge in [0.25, 0.3) is 0 Å². The molecular weight excluding hydrogens is 895 g/mol. The summed E-state index contributed by atoms with van der Waals surface area (Å²) in [5.41, 5.74) is 0. The molecule has 0 bridgehead atoms. The van der Waals surface area contributed by atoms with Crippen LogP contribution in [0.15, 0.2) is 85.1 Å². The van der Waals surface area contributed by atoms with E-state index < -0.39 is 67.4 Å². The predicted octanol–water partition coefficient (Wildman–Crippen LogP) is 12.6. The fourth-order valence-corrected chi connectivity index (χ4v) is 8.30. The Bertz CT molecular complexity index is 1470. The number of carbonyl (C=O) groups excluding carboxylic acids is 2. The van der Waals surface area contributed by atoms with Crippen LogP contribution in [0.25, 0.3) is 0 Å². The summed E-state index contributed by atoms with van der Waals surface area (Å²) in [6, 6.07) is -1.03. The molecule has 408 valence electrons. The van der Waals surface area contributed by atoms with E-state index in [0.717, 1.165) is 89.9 Å². The van der Waals surface area contributed by atoms with Crippen LogP contribution >= 0.6 is 0 Å². The summed E-state index contributed by atoms with van der Waals surface area (Å²) >= 11 is 0. The van der Waals surface area contributed by atoms with Crippen LogP contribution in [0.3, 0.4) is 0 Å². The quantitative estimate of drug-likeness (QED) is 0.0196. The van der Waals surface area contributed by atoms with E-state index in [0.29, 0.717) is 12.8 Å². The van der Waals surface area contributed by atoms with Crippen molar-refractivity contribution in [2.24, 2.45) is 0 Å². The van der Waals surface area contributed by atoms with E-state index in [1.165, 1.54) is 83.5 Å². The number of rotatable bonds is 46. The number of carbonyl (C=O) groups is 2. The summed E-state index contributed by atoms with van der Waals surface area (Å²) in [5, 5.41) is 56.7. The van der Waals surface area contributed by atoms with Crippen molar-refractivity contribution in [2.75, 3.05) is 13.2 Å². The van der Waals surface area contributed by atoms with E-state index in [4.69, 9.17) is 14.2 Å². The third kappa shape index (κ3) is 36.4. The molecule has 0 aromatic heterocycles. The smallest absolute Gasteiger partial charge is 0.306 e. The molecule has 0 saturated carbocycles. The van der Waals surface area contributed by atoms with E-state index in [9.17, 15) is 35.1 Å². The first-order valence-corrected chi connectivity index (χ1v) is 28.4. The Morgan fingerprint density at radius 1 is 0.563 bits per heavy atom.